The molecule has 0 heterocycles. The van der Waals surface area contributed by atoms with Crippen LogP contribution in [0.2, 0.25) is 0 Å². The van der Waals surface area contributed by atoms with E-state index in [1.54, 1.807) is 6.20 Å². The SMILES string of the molecule is O=C(Cc1ccccc1)NC=Cc1ccccc1. The van der Waals surface area contributed by atoms with Gasteiger partial charge >= 0.3 is 0 Å². The lowest BCUT2D eigenvalue weighted by molar-refractivity contribution is -0.119. The summed E-state index contributed by atoms with van der Waals surface area (Å²) in [5.74, 6) is -0.00613. The van der Waals surface area contributed by atoms with Gasteiger partial charge in [0, 0.05) is 6.20 Å². The van der Waals surface area contributed by atoms with Crippen LogP contribution in [0.3, 0.4) is 0 Å². The summed E-state index contributed by atoms with van der Waals surface area (Å²) in [6, 6.07) is 19.6. The van der Waals surface area contributed by atoms with Gasteiger partial charge in [-0.15, -0.1) is 0 Å². The van der Waals surface area contributed by atoms with Crippen LogP contribution in [0.1, 0.15) is 11.1 Å². The molecule has 90 valence electrons. The highest BCUT2D eigenvalue weighted by Gasteiger charge is 1.99. The van der Waals surface area contributed by atoms with Gasteiger partial charge in [0.1, 0.15) is 0 Å². The molecule has 0 unspecified atom stereocenters. The second-order valence-corrected chi connectivity index (χ2v) is 3.97. The number of benzene rings is 2. The predicted molar refractivity (Wildman–Crippen MR) is 73.8 cm³/mol. The zero-order chi connectivity index (χ0) is 12.6. The van der Waals surface area contributed by atoms with Crippen molar-refractivity contribution in [1.29, 1.82) is 0 Å². The standard InChI is InChI=1S/C16H15NO/c18-16(13-15-9-5-2-6-10-15)17-12-11-14-7-3-1-4-8-14/h1-12H,13H2,(H,17,18). The molecule has 0 aliphatic carbocycles. The first kappa shape index (κ1) is 12.1. The van der Waals surface area contributed by atoms with Gasteiger partial charge in [-0.3, -0.25) is 4.79 Å². The van der Waals surface area contributed by atoms with E-state index in [0.717, 1.165) is 11.1 Å². The van der Waals surface area contributed by atoms with Gasteiger partial charge in [-0.2, -0.15) is 0 Å². The number of carbonyl (C=O) groups excluding carboxylic acids is 1. The number of rotatable bonds is 4. The van der Waals surface area contributed by atoms with E-state index in [-0.39, 0.29) is 5.91 Å². The van der Waals surface area contributed by atoms with Crippen LogP contribution in [0.25, 0.3) is 6.08 Å². The van der Waals surface area contributed by atoms with Crippen molar-refractivity contribution in [3.05, 3.63) is 78.0 Å². The Morgan fingerprint density at radius 3 is 2.22 bits per heavy atom. The fourth-order valence-electron chi connectivity index (χ4n) is 1.63. The van der Waals surface area contributed by atoms with Crippen molar-refractivity contribution in [3.8, 4) is 0 Å². The monoisotopic (exact) mass is 237 g/mol. The van der Waals surface area contributed by atoms with Crippen LogP contribution in [-0.2, 0) is 11.2 Å². The molecule has 2 aromatic rings. The molecule has 18 heavy (non-hydrogen) atoms. The van der Waals surface area contributed by atoms with Crippen molar-refractivity contribution in [3.63, 3.8) is 0 Å². The average Bonchev–Trinajstić information content (AvgIpc) is 2.41. The summed E-state index contributed by atoms with van der Waals surface area (Å²) in [5.41, 5.74) is 2.08. The molecule has 1 N–H and O–H groups in total. The Bertz CT molecular complexity index is 517. The summed E-state index contributed by atoms with van der Waals surface area (Å²) < 4.78 is 0. The largest absolute Gasteiger partial charge is 0.332 e. The van der Waals surface area contributed by atoms with Gasteiger partial charge in [-0.05, 0) is 17.2 Å². The van der Waals surface area contributed by atoms with Crippen molar-refractivity contribution < 1.29 is 4.79 Å². The van der Waals surface area contributed by atoms with Crippen LogP contribution in [0.4, 0.5) is 0 Å². The molecule has 0 aliphatic heterocycles. The third kappa shape index (κ3) is 3.91. The molecule has 0 fully saturated rings. The second kappa shape index (κ2) is 6.40. The van der Waals surface area contributed by atoms with E-state index in [2.05, 4.69) is 5.32 Å². The van der Waals surface area contributed by atoms with Gasteiger partial charge < -0.3 is 5.32 Å². The number of carbonyl (C=O) groups is 1. The molecule has 0 radical (unpaired) electrons. The Morgan fingerprint density at radius 2 is 1.56 bits per heavy atom. The highest BCUT2D eigenvalue weighted by molar-refractivity contribution is 5.80. The van der Waals surface area contributed by atoms with Crippen LogP contribution < -0.4 is 5.32 Å². The van der Waals surface area contributed by atoms with E-state index in [0.29, 0.717) is 6.42 Å². The third-order valence-corrected chi connectivity index (χ3v) is 2.53. The second-order valence-electron chi connectivity index (χ2n) is 3.97. The summed E-state index contributed by atoms with van der Waals surface area (Å²) >= 11 is 0. The lowest BCUT2D eigenvalue weighted by Crippen LogP contribution is -2.18. The normalized spacial score (nSPS) is 10.4. The molecule has 0 saturated carbocycles. The minimum Gasteiger partial charge on any atom is -0.332 e. The molecule has 0 aromatic heterocycles. The van der Waals surface area contributed by atoms with Crippen LogP contribution in [0.15, 0.2) is 66.9 Å². The zero-order valence-corrected chi connectivity index (χ0v) is 10.0. The van der Waals surface area contributed by atoms with Gasteiger partial charge in [0.15, 0.2) is 0 Å². The van der Waals surface area contributed by atoms with Crippen molar-refractivity contribution in [2.75, 3.05) is 0 Å². The lowest BCUT2D eigenvalue weighted by Gasteiger charge is -2.00. The van der Waals surface area contributed by atoms with Gasteiger partial charge in [-0.25, -0.2) is 0 Å². The Morgan fingerprint density at radius 1 is 0.944 bits per heavy atom. The minimum absolute atomic E-state index is 0.00613. The summed E-state index contributed by atoms with van der Waals surface area (Å²) in [7, 11) is 0. The van der Waals surface area contributed by atoms with Crippen LogP contribution in [0.5, 0.6) is 0 Å². The molecule has 0 atom stereocenters. The Kier molecular flexibility index (Phi) is 4.31. The Balaban J connectivity index is 1.84. The fraction of sp³-hybridized carbons (Fsp3) is 0.0625. The van der Waals surface area contributed by atoms with E-state index in [1.807, 2.05) is 66.7 Å². The molecule has 2 heteroatoms. The maximum atomic E-state index is 11.6. The molecule has 1 amide bonds. The number of amides is 1. The zero-order valence-electron chi connectivity index (χ0n) is 10.0. The number of hydrogen-bond donors (Lipinski definition) is 1. The van der Waals surface area contributed by atoms with Gasteiger partial charge in [0.05, 0.1) is 6.42 Å². The first-order chi connectivity index (χ1) is 8.84. The predicted octanol–water partition coefficient (Wildman–Crippen LogP) is 3.02. The Labute approximate surface area is 107 Å². The van der Waals surface area contributed by atoms with Crippen LogP contribution in [0, 0.1) is 0 Å². The average molecular weight is 237 g/mol. The maximum absolute atomic E-state index is 11.6. The van der Waals surface area contributed by atoms with Crippen molar-refractivity contribution in [1.82, 2.24) is 5.32 Å². The summed E-state index contributed by atoms with van der Waals surface area (Å²) in [5, 5.41) is 2.76. The number of nitrogens with one attached hydrogen (secondary N) is 1. The molecule has 2 nitrogen and oxygen atoms in total. The smallest absolute Gasteiger partial charge is 0.228 e. The molecular weight excluding hydrogens is 222 g/mol. The molecule has 2 rings (SSSR count). The quantitative estimate of drug-likeness (QED) is 0.870. The van der Waals surface area contributed by atoms with E-state index in [9.17, 15) is 4.79 Å². The van der Waals surface area contributed by atoms with Crippen LogP contribution >= 0.6 is 0 Å². The molecule has 2 aromatic carbocycles. The summed E-state index contributed by atoms with van der Waals surface area (Å²) in [6.07, 6.45) is 3.96. The topological polar surface area (TPSA) is 29.1 Å². The first-order valence-corrected chi connectivity index (χ1v) is 5.89. The molecule has 0 bridgehead atoms. The van der Waals surface area contributed by atoms with Gasteiger partial charge in [-0.1, -0.05) is 60.7 Å². The third-order valence-electron chi connectivity index (χ3n) is 2.53. The first-order valence-electron chi connectivity index (χ1n) is 5.89. The van der Waals surface area contributed by atoms with Crippen molar-refractivity contribution in [2.24, 2.45) is 0 Å². The van der Waals surface area contributed by atoms with Gasteiger partial charge in [0.2, 0.25) is 5.91 Å². The van der Waals surface area contributed by atoms with Crippen molar-refractivity contribution in [2.45, 2.75) is 6.42 Å². The summed E-state index contributed by atoms with van der Waals surface area (Å²) in [6.45, 7) is 0. The maximum Gasteiger partial charge on any atom is 0.228 e. The molecule has 0 aliphatic rings. The van der Waals surface area contributed by atoms with E-state index >= 15 is 0 Å². The van der Waals surface area contributed by atoms with Crippen LogP contribution in [-0.4, -0.2) is 5.91 Å². The highest BCUT2D eigenvalue weighted by Crippen LogP contribution is 2.01. The van der Waals surface area contributed by atoms with Gasteiger partial charge in [0.25, 0.3) is 0 Å². The number of hydrogen-bond acceptors (Lipinski definition) is 1. The molecule has 0 spiro atoms. The minimum atomic E-state index is -0.00613. The van der Waals surface area contributed by atoms with E-state index in [4.69, 9.17) is 0 Å². The Hall–Kier alpha value is -2.35. The lowest BCUT2D eigenvalue weighted by atomic mass is 10.1. The summed E-state index contributed by atoms with van der Waals surface area (Å²) in [4.78, 5) is 11.6. The van der Waals surface area contributed by atoms with E-state index < -0.39 is 0 Å². The van der Waals surface area contributed by atoms with Crippen molar-refractivity contribution >= 4 is 12.0 Å². The fourth-order valence-corrected chi connectivity index (χ4v) is 1.63. The molecular formula is C16H15NO. The highest BCUT2D eigenvalue weighted by atomic mass is 16.1. The van der Waals surface area contributed by atoms with E-state index in [1.165, 1.54) is 0 Å². The molecule has 0 saturated heterocycles.